The maximum Gasteiger partial charge on any atom is 0.246 e. The van der Waals surface area contributed by atoms with Crippen molar-refractivity contribution in [2.75, 3.05) is 25.0 Å². The first-order valence-electron chi connectivity index (χ1n) is 6.75. The van der Waals surface area contributed by atoms with Crippen LogP contribution >= 0.6 is 0 Å². The molecular weight excluding hydrogens is 278 g/mol. The Balaban J connectivity index is 3.19. The number of nitrogens with zero attached hydrogens (tertiary/aromatic N) is 2. The van der Waals surface area contributed by atoms with Gasteiger partial charge in [0.25, 0.3) is 0 Å². The molecule has 0 aliphatic carbocycles. The number of aliphatic hydroxyl groups excluding tert-OH is 1. The van der Waals surface area contributed by atoms with Gasteiger partial charge in [0.1, 0.15) is 4.90 Å². The number of hydrogen-bond acceptors (Lipinski definition) is 5. The third-order valence-corrected chi connectivity index (χ3v) is 4.95. The number of aliphatic hydroxyl groups is 1. The van der Waals surface area contributed by atoms with Crippen LogP contribution in [0.15, 0.2) is 23.4 Å². The highest BCUT2D eigenvalue weighted by Crippen LogP contribution is 2.25. The Hall–Kier alpha value is -1.18. The van der Waals surface area contributed by atoms with Crippen LogP contribution in [-0.4, -0.2) is 48.6 Å². The fourth-order valence-electron chi connectivity index (χ4n) is 1.93. The first kappa shape index (κ1) is 16.9. The Kier molecular flexibility index (Phi) is 6.38. The van der Waals surface area contributed by atoms with Crippen LogP contribution in [0.3, 0.4) is 0 Å². The average Bonchev–Trinajstić information content (AvgIpc) is 2.39. The molecule has 0 saturated carbocycles. The maximum absolute atomic E-state index is 12.7. The fourth-order valence-corrected chi connectivity index (χ4v) is 3.72. The molecule has 0 spiro atoms. The molecule has 1 heterocycles. The fraction of sp³-hybridized carbons (Fsp3) is 0.615. The van der Waals surface area contributed by atoms with E-state index in [9.17, 15) is 8.42 Å². The summed E-state index contributed by atoms with van der Waals surface area (Å²) in [5, 5.41) is 12.0. The molecule has 6 nitrogen and oxygen atoms in total. The van der Waals surface area contributed by atoms with Crippen molar-refractivity contribution >= 4 is 15.7 Å². The summed E-state index contributed by atoms with van der Waals surface area (Å²) in [6.07, 6.45) is 3.33. The van der Waals surface area contributed by atoms with Crippen LogP contribution in [0, 0.1) is 0 Å². The van der Waals surface area contributed by atoms with E-state index in [0.717, 1.165) is 0 Å². The number of nitrogens with one attached hydrogen (secondary N) is 1. The predicted octanol–water partition coefficient (Wildman–Crippen LogP) is 1.29. The summed E-state index contributed by atoms with van der Waals surface area (Å²) in [5.74, 6) is 0. The molecule has 0 radical (unpaired) electrons. The van der Waals surface area contributed by atoms with Crippen LogP contribution < -0.4 is 5.32 Å². The van der Waals surface area contributed by atoms with Gasteiger partial charge >= 0.3 is 0 Å². The zero-order valence-electron chi connectivity index (χ0n) is 12.2. The smallest absolute Gasteiger partial charge is 0.246 e. The summed E-state index contributed by atoms with van der Waals surface area (Å²) in [4.78, 5) is 4.10. The Bertz CT molecular complexity index is 517. The van der Waals surface area contributed by atoms with Crippen molar-refractivity contribution in [1.82, 2.24) is 9.29 Å². The minimum Gasteiger partial charge on any atom is -0.396 e. The zero-order chi connectivity index (χ0) is 15.2. The molecule has 1 rings (SSSR count). The van der Waals surface area contributed by atoms with Gasteiger partial charge in [-0.05, 0) is 33.3 Å². The first-order chi connectivity index (χ1) is 9.45. The second kappa shape index (κ2) is 7.56. The summed E-state index contributed by atoms with van der Waals surface area (Å²) in [5.41, 5.74) is 0.553. The third kappa shape index (κ3) is 3.91. The lowest BCUT2D eigenvalue weighted by molar-refractivity contribution is 0.258. The lowest BCUT2D eigenvalue weighted by Gasteiger charge is -2.26. The van der Waals surface area contributed by atoms with E-state index < -0.39 is 10.0 Å². The summed E-state index contributed by atoms with van der Waals surface area (Å²) >= 11 is 0. The second-order valence-corrected chi connectivity index (χ2v) is 6.55. The van der Waals surface area contributed by atoms with Crippen LogP contribution in [0.25, 0.3) is 0 Å². The molecule has 0 amide bonds. The standard InChI is InChI=1S/C13H23N3O3S/c1-4-15-12-6-7-14-10-13(12)20(18,19)16(11(2)3)8-5-9-17/h6-7,10-11,17H,4-5,8-9H2,1-3H3,(H,14,15). The number of anilines is 1. The van der Waals surface area contributed by atoms with Gasteiger partial charge in [-0.25, -0.2) is 8.42 Å². The van der Waals surface area contributed by atoms with E-state index in [1.807, 2.05) is 20.8 Å². The van der Waals surface area contributed by atoms with Gasteiger partial charge < -0.3 is 10.4 Å². The van der Waals surface area contributed by atoms with Crippen LogP contribution in [0.1, 0.15) is 27.2 Å². The average molecular weight is 301 g/mol. The van der Waals surface area contributed by atoms with E-state index in [-0.39, 0.29) is 24.1 Å². The molecule has 0 fully saturated rings. The zero-order valence-corrected chi connectivity index (χ0v) is 13.0. The quantitative estimate of drug-likeness (QED) is 0.756. The first-order valence-corrected chi connectivity index (χ1v) is 8.19. The molecular formula is C13H23N3O3S. The minimum absolute atomic E-state index is 0.0359. The van der Waals surface area contributed by atoms with E-state index in [2.05, 4.69) is 10.3 Å². The van der Waals surface area contributed by atoms with Crippen LogP contribution in [0.5, 0.6) is 0 Å². The second-order valence-electron chi connectivity index (χ2n) is 4.69. The molecule has 114 valence electrons. The molecule has 0 aliphatic rings. The Morgan fingerprint density at radius 3 is 2.70 bits per heavy atom. The van der Waals surface area contributed by atoms with E-state index in [1.165, 1.54) is 10.5 Å². The normalized spacial score (nSPS) is 12.1. The highest BCUT2D eigenvalue weighted by Gasteiger charge is 2.28. The summed E-state index contributed by atoms with van der Waals surface area (Å²) < 4.78 is 26.9. The highest BCUT2D eigenvalue weighted by atomic mass is 32.2. The van der Waals surface area contributed by atoms with Gasteiger partial charge in [-0.1, -0.05) is 0 Å². The predicted molar refractivity (Wildman–Crippen MR) is 79.1 cm³/mol. The SMILES string of the molecule is CCNc1ccncc1S(=O)(=O)N(CCCO)C(C)C. The number of sulfonamides is 1. The van der Waals surface area contributed by atoms with Gasteiger partial charge in [0.2, 0.25) is 10.0 Å². The lowest BCUT2D eigenvalue weighted by atomic mass is 10.3. The molecule has 0 atom stereocenters. The van der Waals surface area contributed by atoms with Crippen LogP contribution in [0.2, 0.25) is 0 Å². The Labute approximate surface area is 120 Å². The van der Waals surface area contributed by atoms with Gasteiger partial charge in [-0.2, -0.15) is 4.31 Å². The highest BCUT2D eigenvalue weighted by molar-refractivity contribution is 7.89. The molecule has 0 bridgehead atoms. The van der Waals surface area contributed by atoms with Crippen molar-refractivity contribution in [2.45, 2.75) is 38.1 Å². The van der Waals surface area contributed by atoms with Crippen molar-refractivity contribution in [2.24, 2.45) is 0 Å². The van der Waals surface area contributed by atoms with Crippen molar-refractivity contribution in [3.8, 4) is 0 Å². The lowest BCUT2D eigenvalue weighted by Crippen LogP contribution is -2.38. The van der Waals surface area contributed by atoms with Crippen molar-refractivity contribution in [3.63, 3.8) is 0 Å². The molecule has 0 saturated heterocycles. The van der Waals surface area contributed by atoms with E-state index >= 15 is 0 Å². The van der Waals surface area contributed by atoms with Crippen molar-refractivity contribution in [1.29, 1.82) is 0 Å². The van der Waals surface area contributed by atoms with E-state index in [1.54, 1.807) is 12.3 Å². The van der Waals surface area contributed by atoms with Gasteiger partial charge in [0.05, 0.1) is 5.69 Å². The molecule has 7 heteroatoms. The molecule has 0 unspecified atom stereocenters. The van der Waals surface area contributed by atoms with Crippen molar-refractivity contribution < 1.29 is 13.5 Å². The monoisotopic (exact) mass is 301 g/mol. The maximum atomic E-state index is 12.7. The summed E-state index contributed by atoms with van der Waals surface area (Å²) in [6, 6.07) is 1.47. The third-order valence-electron chi connectivity index (χ3n) is 2.85. The van der Waals surface area contributed by atoms with E-state index in [0.29, 0.717) is 18.7 Å². The summed E-state index contributed by atoms with van der Waals surface area (Å²) in [6.45, 7) is 6.42. The number of hydrogen-bond donors (Lipinski definition) is 2. The number of aromatic nitrogens is 1. The summed E-state index contributed by atoms with van der Waals surface area (Å²) in [7, 11) is -3.63. The molecule has 2 N–H and O–H groups in total. The molecule has 1 aromatic heterocycles. The Morgan fingerprint density at radius 1 is 1.45 bits per heavy atom. The largest absolute Gasteiger partial charge is 0.396 e. The van der Waals surface area contributed by atoms with Crippen LogP contribution in [-0.2, 0) is 10.0 Å². The topological polar surface area (TPSA) is 82.5 Å². The Morgan fingerprint density at radius 2 is 2.15 bits per heavy atom. The van der Waals surface area contributed by atoms with E-state index in [4.69, 9.17) is 5.11 Å². The molecule has 1 aromatic rings. The number of pyridine rings is 1. The van der Waals surface area contributed by atoms with Gasteiger partial charge in [-0.15, -0.1) is 0 Å². The number of rotatable bonds is 8. The molecule has 20 heavy (non-hydrogen) atoms. The van der Waals surface area contributed by atoms with Crippen molar-refractivity contribution in [3.05, 3.63) is 18.5 Å². The molecule has 0 aromatic carbocycles. The minimum atomic E-state index is -3.63. The van der Waals surface area contributed by atoms with Gasteiger partial charge in [0.15, 0.2) is 0 Å². The van der Waals surface area contributed by atoms with Gasteiger partial charge in [0, 0.05) is 38.1 Å². The van der Waals surface area contributed by atoms with Gasteiger partial charge in [-0.3, -0.25) is 4.98 Å². The van der Waals surface area contributed by atoms with Crippen LogP contribution in [0.4, 0.5) is 5.69 Å². The molecule has 0 aliphatic heterocycles.